The van der Waals surface area contributed by atoms with E-state index in [4.69, 9.17) is 4.74 Å². The molecule has 0 spiro atoms. The number of carbonyl (C=O) groups excluding carboxylic acids is 1. The van der Waals surface area contributed by atoms with Crippen LogP contribution in [-0.4, -0.2) is 24.3 Å². The molecule has 0 aromatic heterocycles. The molecule has 78 valence electrons. The predicted octanol–water partition coefficient (Wildman–Crippen LogP) is 1.27. The molecule has 0 heterocycles. The number of methoxy groups -OCH3 is 1. The summed E-state index contributed by atoms with van der Waals surface area (Å²) in [6, 6.07) is 0. The van der Waals surface area contributed by atoms with Gasteiger partial charge in [0, 0.05) is 5.57 Å². The van der Waals surface area contributed by atoms with Crippen molar-refractivity contribution in [2.24, 2.45) is 11.8 Å². The first-order valence-corrected chi connectivity index (χ1v) is 5.20. The van der Waals surface area contributed by atoms with Crippen molar-refractivity contribution >= 4 is 5.97 Å². The fourth-order valence-electron chi connectivity index (χ4n) is 2.76. The second kappa shape index (κ2) is 3.73. The van der Waals surface area contributed by atoms with Crippen LogP contribution in [0, 0.1) is 11.8 Å². The Kier molecular flexibility index (Phi) is 2.59. The average molecular weight is 196 g/mol. The summed E-state index contributed by atoms with van der Waals surface area (Å²) in [7, 11) is 1.41. The molecule has 1 fully saturated rings. The Balaban J connectivity index is 2.18. The Bertz CT molecular complexity index is 270. The van der Waals surface area contributed by atoms with Crippen molar-refractivity contribution < 1.29 is 14.6 Å². The third-order valence-corrected chi connectivity index (χ3v) is 3.47. The monoisotopic (exact) mass is 196 g/mol. The molecule has 1 saturated carbocycles. The molecule has 14 heavy (non-hydrogen) atoms. The van der Waals surface area contributed by atoms with Gasteiger partial charge >= 0.3 is 5.97 Å². The highest BCUT2D eigenvalue weighted by atomic mass is 16.5. The van der Waals surface area contributed by atoms with Crippen LogP contribution in [0.25, 0.3) is 0 Å². The van der Waals surface area contributed by atoms with Gasteiger partial charge in [-0.25, -0.2) is 4.79 Å². The standard InChI is InChI=1S/C11H16O3/c1-14-11(13)9-4-2-3-8-7(9)5-6-10(8)12/h4,7-8,10,12H,2-3,5-6H2,1H3. The molecule has 0 saturated heterocycles. The molecule has 0 aromatic carbocycles. The number of carbonyl (C=O) groups is 1. The van der Waals surface area contributed by atoms with Crippen LogP contribution in [0.15, 0.2) is 11.6 Å². The molecule has 1 N–H and O–H groups in total. The van der Waals surface area contributed by atoms with Crippen LogP contribution in [0.1, 0.15) is 25.7 Å². The van der Waals surface area contributed by atoms with Gasteiger partial charge in [-0.2, -0.15) is 0 Å². The first-order chi connectivity index (χ1) is 6.74. The van der Waals surface area contributed by atoms with Gasteiger partial charge in [0.1, 0.15) is 0 Å². The van der Waals surface area contributed by atoms with Gasteiger partial charge in [0.05, 0.1) is 13.2 Å². The minimum Gasteiger partial charge on any atom is -0.466 e. The van der Waals surface area contributed by atoms with E-state index >= 15 is 0 Å². The molecule has 2 aliphatic rings. The fraction of sp³-hybridized carbons (Fsp3) is 0.727. The second-order valence-corrected chi connectivity index (χ2v) is 4.14. The Morgan fingerprint density at radius 1 is 1.50 bits per heavy atom. The summed E-state index contributed by atoms with van der Waals surface area (Å²) < 4.78 is 4.74. The lowest BCUT2D eigenvalue weighted by atomic mass is 9.80. The summed E-state index contributed by atoms with van der Waals surface area (Å²) >= 11 is 0. The van der Waals surface area contributed by atoms with Crippen molar-refractivity contribution in [3.63, 3.8) is 0 Å². The normalized spacial score (nSPS) is 36.1. The number of fused-ring (bicyclic) bond motifs is 1. The quantitative estimate of drug-likeness (QED) is 0.642. The van der Waals surface area contributed by atoms with Gasteiger partial charge in [0.2, 0.25) is 0 Å². The first-order valence-electron chi connectivity index (χ1n) is 5.20. The highest BCUT2D eigenvalue weighted by molar-refractivity contribution is 5.89. The van der Waals surface area contributed by atoms with Crippen molar-refractivity contribution in [3.8, 4) is 0 Å². The van der Waals surface area contributed by atoms with E-state index in [1.54, 1.807) is 0 Å². The minimum atomic E-state index is -0.214. The van der Waals surface area contributed by atoms with E-state index in [2.05, 4.69) is 0 Å². The molecular formula is C11H16O3. The molecule has 0 amide bonds. The van der Waals surface area contributed by atoms with Gasteiger partial charge in [-0.1, -0.05) is 6.08 Å². The molecule has 2 aliphatic carbocycles. The Hall–Kier alpha value is -0.830. The maximum Gasteiger partial charge on any atom is 0.333 e. The van der Waals surface area contributed by atoms with Gasteiger partial charge in [-0.05, 0) is 37.5 Å². The number of aliphatic hydroxyl groups excluding tert-OH is 1. The van der Waals surface area contributed by atoms with E-state index in [1.165, 1.54) is 7.11 Å². The van der Waals surface area contributed by atoms with Gasteiger partial charge < -0.3 is 9.84 Å². The number of ether oxygens (including phenoxy) is 1. The van der Waals surface area contributed by atoms with Gasteiger partial charge in [-0.15, -0.1) is 0 Å². The number of rotatable bonds is 1. The number of aliphatic hydroxyl groups is 1. The predicted molar refractivity (Wildman–Crippen MR) is 51.6 cm³/mol. The lowest BCUT2D eigenvalue weighted by Gasteiger charge is -2.26. The number of hydrogen-bond acceptors (Lipinski definition) is 3. The van der Waals surface area contributed by atoms with E-state index in [-0.39, 0.29) is 23.9 Å². The molecule has 3 atom stereocenters. The number of hydrogen-bond donors (Lipinski definition) is 1. The van der Waals surface area contributed by atoms with E-state index in [0.29, 0.717) is 0 Å². The van der Waals surface area contributed by atoms with Gasteiger partial charge in [0.15, 0.2) is 0 Å². The third kappa shape index (κ3) is 1.46. The Labute approximate surface area is 83.8 Å². The Morgan fingerprint density at radius 2 is 2.29 bits per heavy atom. The van der Waals surface area contributed by atoms with Crippen LogP contribution in [0.3, 0.4) is 0 Å². The van der Waals surface area contributed by atoms with Crippen LogP contribution in [0.2, 0.25) is 0 Å². The topological polar surface area (TPSA) is 46.5 Å². The lowest BCUT2D eigenvalue weighted by Crippen LogP contribution is -2.26. The van der Waals surface area contributed by atoms with E-state index < -0.39 is 0 Å². The molecule has 3 nitrogen and oxygen atoms in total. The summed E-state index contributed by atoms with van der Waals surface area (Å²) in [4.78, 5) is 11.4. The van der Waals surface area contributed by atoms with E-state index in [0.717, 1.165) is 31.3 Å². The van der Waals surface area contributed by atoms with Crippen molar-refractivity contribution in [3.05, 3.63) is 11.6 Å². The number of allylic oxidation sites excluding steroid dienone is 1. The zero-order chi connectivity index (χ0) is 10.1. The lowest BCUT2D eigenvalue weighted by molar-refractivity contribution is -0.137. The molecule has 0 bridgehead atoms. The summed E-state index contributed by atoms with van der Waals surface area (Å²) in [6.07, 6.45) is 5.41. The number of esters is 1. The second-order valence-electron chi connectivity index (χ2n) is 4.14. The molecule has 0 radical (unpaired) electrons. The van der Waals surface area contributed by atoms with Crippen LogP contribution >= 0.6 is 0 Å². The van der Waals surface area contributed by atoms with Crippen LogP contribution in [0.5, 0.6) is 0 Å². The minimum absolute atomic E-state index is 0.214. The molecular weight excluding hydrogens is 180 g/mol. The van der Waals surface area contributed by atoms with Crippen molar-refractivity contribution in [2.45, 2.75) is 31.8 Å². The summed E-state index contributed by atoms with van der Waals surface area (Å²) in [5.74, 6) is 0.314. The summed E-state index contributed by atoms with van der Waals surface area (Å²) in [5.41, 5.74) is 0.792. The van der Waals surface area contributed by atoms with Crippen molar-refractivity contribution in [1.82, 2.24) is 0 Å². The SMILES string of the molecule is COC(=O)C1=CCCC2C(O)CCC12. The van der Waals surface area contributed by atoms with Crippen molar-refractivity contribution in [1.29, 1.82) is 0 Å². The molecule has 2 rings (SSSR count). The Morgan fingerprint density at radius 3 is 3.00 bits per heavy atom. The van der Waals surface area contributed by atoms with Crippen LogP contribution in [0.4, 0.5) is 0 Å². The molecule has 0 aliphatic heterocycles. The van der Waals surface area contributed by atoms with Gasteiger partial charge in [0.25, 0.3) is 0 Å². The average Bonchev–Trinajstić information content (AvgIpc) is 2.59. The molecule has 3 heteroatoms. The maximum atomic E-state index is 11.4. The molecule has 0 aromatic rings. The highest BCUT2D eigenvalue weighted by Crippen LogP contribution is 2.43. The largest absolute Gasteiger partial charge is 0.466 e. The van der Waals surface area contributed by atoms with Crippen LogP contribution < -0.4 is 0 Å². The van der Waals surface area contributed by atoms with Gasteiger partial charge in [-0.3, -0.25) is 0 Å². The summed E-state index contributed by atoms with van der Waals surface area (Å²) in [5, 5.41) is 9.72. The smallest absolute Gasteiger partial charge is 0.333 e. The summed E-state index contributed by atoms with van der Waals surface area (Å²) in [6.45, 7) is 0. The third-order valence-electron chi connectivity index (χ3n) is 3.47. The zero-order valence-corrected chi connectivity index (χ0v) is 8.40. The first kappa shape index (κ1) is 9.71. The highest BCUT2D eigenvalue weighted by Gasteiger charge is 2.40. The fourth-order valence-corrected chi connectivity index (χ4v) is 2.76. The van der Waals surface area contributed by atoms with E-state index in [1.807, 2.05) is 6.08 Å². The van der Waals surface area contributed by atoms with E-state index in [9.17, 15) is 9.90 Å². The zero-order valence-electron chi connectivity index (χ0n) is 8.40. The van der Waals surface area contributed by atoms with Crippen LogP contribution in [-0.2, 0) is 9.53 Å². The van der Waals surface area contributed by atoms with Crippen molar-refractivity contribution in [2.75, 3.05) is 7.11 Å². The molecule has 3 unspecified atom stereocenters. The maximum absolute atomic E-state index is 11.4.